The Hall–Kier alpha value is -4.32. The lowest BCUT2D eigenvalue weighted by Crippen LogP contribution is -2.25. The molecular formula is C33H29F3N2O. The first-order valence-corrected chi connectivity index (χ1v) is 12.9. The van der Waals surface area contributed by atoms with E-state index in [0.717, 1.165) is 33.7 Å². The highest BCUT2D eigenvalue weighted by atomic mass is 19.4. The summed E-state index contributed by atoms with van der Waals surface area (Å²) in [5.74, 6) is -0.788. The fraction of sp³-hybridized carbons (Fsp3) is 0.182. The van der Waals surface area contributed by atoms with Crippen LogP contribution in [-0.2, 0) is 24.1 Å². The van der Waals surface area contributed by atoms with Crippen molar-refractivity contribution in [2.45, 2.75) is 38.5 Å². The van der Waals surface area contributed by atoms with Gasteiger partial charge in [-0.1, -0.05) is 96.6 Å². The third-order valence-electron chi connectivity index (χ3n) is 7.01. The van der Waals surface area contributed by atoms with Gasteiger partial charge in [-0.15, -0.1) is 0 Å². The zero-order valence-electron chi connectivity index (χ0n) is 21.6. The highest BCUT2D eigenvalue weighted by molar-refractivity contribution is 5.87. The Morgan fingerprint density at radius 2 is 1.56 bits per heavy atom. The molecule has 0 radical (unpaired) electrons. The highest BCUT2D eigenvalue weighted by Gasteiger charge is 2.32. The van der Waals surface area contributed by atoms with E-state index in [-0.39, 0.29) is 12.3 Å². The molecule has 1 N–H and O–H groups in total. The molecule has 3 nitrogen and oxygen atoms in total. The van der Waals surface area contributed by atoms with Crippen LogP contribution in [0.4, 0.5) is 13.2 Å². The standard InChI is InChI=1S/C33H29F3N2O/c1-23-14-16-25(17-15-23)21-38-22-30(28-12-5-6-13-31(28)38)29(26-10-7-11-27(18-26)33(34,35)36)19-32(39)37-20-24-8-3-2-4-9-24/h2-18,22,29H,19-21H2,1H3,(H,37,39). The second kappa shape index (κ2) is 11.2. The lowest BCUT2D eigenvalue weighted by Gasteiger charge is -2.19. The van der Waals surface area contributed by atoms with Crippen LogP contribution in [0.2, 0.25) is 0 Å². The van der Waals surface area contributed by atoms with Gasteiger partial charge in [-0.3, -0.25) is 4.79 Å². The molecular weight excluding hydrogens is 497 g/mol. The number of fused-ring (bicyclic) bond motifs is 1. The number of rotatable bonds is 8. The molecule has 5 aromatic rings. The van der Waals surface area contributed by atoms with Crippen LogP contribution in [0.1, 0.15) is 45.7 Å². The molecule has 1 aromatic heterocycles. The summed E-state index contributed by atoms with van der Waals surface area (Å²) in [7, 11) is 0. The number of halogens is 3. The van der Waals surface area contributed by atoms with Crippen LogP contribution in [0.15, 0.2) is 109 Å². The van der Waals surface area contributed by atoms with Gasteiger partial charge in [-0.2, -0.15) is 13.2 Å². The summed E-state index contributed by atoms with van der Waals surface area (Å²) < 4.78 is 43.1. The van der Waals surface area contributed by atoms with Crippen LogP contribution >= 0.6 is 0 Å². The lowest BCUT2D eigenvalue weighted by atomic mass is 9.87. The molecule has 5 rings (SSSR count). The smallest absolute Gasteiger partial charge is 0.352 e. The number of hydrogen-bond acceptors (Lipinski definition) is 1. The molecule has 1 atom stereocenters. The number of hydrogen-bond donors (Lipinski definition) is 1. The number of para-hydroxylation sites is 1. The van der Waals surface area contributed by atoms with Gasteiger partial charge in [-0.05, 0) is 41.3 Å². The molecule has 1 amide bonds. The van der Waals surface area contributed by atoms with Crippen molar-refractivity contribution in [3.63, 3.8) is 0 Å². The number of aryl methyl sites for hydroxylation is 1. The van der Waals surface area contributed by atoms with E-state index in [1.54, 1.807) is 6.07 Å². The molecule has 1 heterocycles. The number of carbonyl (C=O) groups is 1. The Morgan fingerprint density at radius 3 is 2.31 bits per heavy atom. The van der Waals surface area contributed by atoms with E-state index in [1.807, 2.05) is 67.7 Å². The zero-order chi connectivity index (χ0) is 27.4. The first kappa shape index (κ1) is 26.3. The van der Waals surface area contributed by atoms with Crippen LogP contribution in [0.25, 0.3) is 10.9 Å². The second-order valence-corrected chi connectivity index (χ2v) is 9.86. The molecule has 0 bridgehead atoms. The quantitative estimate of drug-likeness (QED) is 0.219. The largest absolute Gasteiger partial charge is 0.416 e. The molecule has 6 heteroatoms. The minimum Gasteiger partial charge on any atom is -0.352 e. The summed E-state index contributed by atoms with van der Waals surface area (Å²) in [4.78, 5) is 13.2. The van der Waals surface area contributed by atoms with Crippen molar-refractivity contribution in [1.29, 1.82) is 0 Å². The summed E-state index contributed by atoms with van der Waals surface area (Å²) in [5.41, 5.74) is 4.76. The molecule has 1 unspecified atom stereocenters. The summed E-state index contributed by atoms with van der Waals surface area (Å²) in [5, 5.41) is 3.87. The van der Waals surface area contributed by atoms with Gasteiger partial charge in [0.2, 0.25) is 5.91 Å². The molecule has 0 saturated carbocycles. The molecule has 0 aliphatic carbocycles. The van der Waals surface area contributed by atoms with E-state index in [9.17, 15) is 18.0 Å². The number of alkyl halides is 3. The van der Waals surface area contributed by atoms with E-state index in [1.165, 1.54) is 17.7 Å². The average Bonchev–Trinajstić information content (AvgIpc) is 3.30. The number of nitrogens with zero attached hydrogens (tertiary/aromatic N) is 1. The number of nitrogens with one attached hydrogen (secondary N) is 1. The average molecular weight is 527 g/mol. The zero-order valence-corrected chi connectivity index (χ0v) is 21.6. The van der Waals surface area contributed by atoms with Crippen molar-refractivity contribution in [3.05, 3.63) is 143 Å². The van der Waals surface area contributed by atoms with Gasteiger partial charge < -0.3 is 9.88 Å². The second-order valence-electron chi connectivity index (χ2n) is 9.86. The lowest BCUT2D eigenvalue weighted by molar-refractivity contribution is -0.137. The van der Waals surface area contributed by atoms with Crippen molar-refractivity contribution in [1.82, 2.24) is 9.88 Å². The van der Waals surface area contributed by atoms with Gasteiger partial charge in [0, 0.05) is 42.5 Å². The van der Waals surface area contributed by atoms with Crippen molar-refractivity contribution in [3.8, 4) is 0 Å². The molecule has 39 heavy (non-hydrogen) atoms. The van der Waals surface area contributed by atoms with E-state index >= 15 is 0 Å². The Labute approximate surface area is 225 Å². The van der Waals surface area contributed by atoms with Crippen LogP contribution in [0.5, 0.6) is 0 Å². The predicted molar refractivity (Wildman–Crippen MR) is 148 cm³/mol. The minimum absolute atomic E-state index is 0.0205. The van der Waals surface area contributed by atoms with Crippen molar-refractivity contribution in [2.24, 2.45) is 0 Å². The fourth-order valence-electron chi connectivity index (χ4n) is 4.97. The maximum atomic E-state index is 13.6. The summed E-state index contributed by atoms with van der Waals surface area (Å²) in [6.07, 6.45) is -2.47. The predicted octanol–water partition coefficient (Wildman–Crippen LogP) is 7.86. The maximum Gasteiger partial charge on any atom is 0.416 e. The Morgan fingerprint density at radius 1 is 0.846 bits per heavy atom. The normalized spacial score (nSPS) is 12.4. The molecule has 0 aliphatic rings. The molecule has 198 valence electrons. The van der Waals surface area contributed by atoms with Gasteiger partial charge in [0.1, 0.15) is 0 Å². The van der Waals surface area contributed by atoms with Crippen molar-refractivity contribution in [2.75, 3.05) is 0 Å². The highest BCUT2D eigenvalue weighted by Crippen LogP contribution is 2.38. The summed E-state index contributed by atoms with van der Waals surface area (Å²) in [6, 6.07) is 31.0. The van der Waals surface area contributed by atoms with Gasteiger partial charge in [0.05, 0.1) is 5.56 Å². The van der Waals surface area contributed by atoms with E-state index in [2.05, 4.69) is 34.1 Å². The third-order valence-corrected chi connectivity index (χ3v) is 7.01. The first-order valence-electron chi connectivity index (χ1n) is 12.9. The van der Waals surface area contributed by atoms with Gasteiger partial charge in [0.15, 0.2) is 0 Å². The van der Waals surface area contributed by atoms with E-state index < -0.39 is 17.7 Å². The minimum atomic E-state index is -4.48. The van der Waals surface area contributed by atoms with E-state index in [0.29, 0.717) is 18.7 Å². The number of carbonyl (C=O) groups excluding carboxylic acids is 1. The Kier molecular flexibility index (Phi) is 7.55. The molecule has 0 fully saturated rings. The monoisotopic (exact) mass is 526 g/mol. The number of aromatic nitrogens is 1. The topological polar surface area (TPSA) is 34.0 Å². The Balaban J connectivity index is 1.53. The summed E-state index contributed by atoms with van der Waals surface area (Å²) >= 11 is 0. The maximum absolute atomic E-state index is 13.6. The number of amides is 1. The molecule has 0 aliphatic heterocycles. The molecule has 0 spiro atoms. The van der Waals surface area contributed by atoms with Crippen LogP contribution < -0.4 is 5.32 Å². The van der Waals surface area contributed by atoms with E-state index in [4.69, 9.17) is 0 Å². The van der Waals surface area contributed by atoms with Crippen LogP contribution in [0.3, 0.4) is 0 Å². The van der Waals surface area contributed by atoms with Crippen LogP contribution in [-0.4, -0.2) is 10.5 Å². The first-order chi connectivity index (χ1) is 18.8. The fourth-order valence-corrected chi connectivity index (χ4v) is 4.97. The van der Waals surface area contributed by atoms with Crippen molar-refractivity contribution >= 4 is 16.8 Å². The Bertz CT molecular complexity index is 1570. The molecule has 0 saturated heterocycles. The summed E-state index contributed by atoms with van der Waals surface area (Å²) in [6.45, 7) is 3.00. The van der Waals surface area contributed by atoms with Gasteiger partial charge in [-0.25, -0.2) is 0 Å². The number of benzene rings is 4. The van der Waals surface area contributed by atoms with Crippen molar-refractivity contribution < 1.29 is 18.0 Å². The van der Waals surface area contributed by atoms with Gasteiger partial charge >= 0.3 is 6.18 Å². The molecule has 4 aromatic carbocycles. The third kappa shape index (κ3) is 6.23. The van der Waals surface area contributed by atoms with Crippen LogP contribution in [0, 0.1) is 6.92 Å². The van der Waals surface area contributed by atoms with Gasteiger partial charge in [0.25, 0.3) is 0 Å². The SMILES string of the molecule is Cc1ccc(Cn2cc(C(CC(=O)NCc3ccccc3)c3cccc(C(F)(F)F)c3)c3ccccc32)cc1.